The molecule has 2 rings (SSSR count). The fourth-order valence-electron chi connectivity index (χ4n) is 2.00. The summed E-state index contributed by atoms with van der Waals surface area (Å²) < 4.78 is 31.8. The molecular weight excluding hydrogens is 408 g/mol. The number of anilines is 1. The first-order chi connectivity index (χ1) is 11.7. The highest BCUT2D eigenvalue weighted by Crippen LogP contribution is 2.24. The van der Waals surface area contributed by atoms with E-state index in [1.54, 1.807) is 25.1 Å². The molecule has 1 amide bonds. The average Bonchev–Trinajstić information content (AvgIpc) is 2.55. The summed E-state index contributed by atoms with van der Waals surface area (Å²) in [5, 5.41) is 2.69. The summed E-state index contributed by atoms with van der Waals surface area (Å²) >= 11 is 3.34. The van der Waals surface area contributed by atoms with Crippen LogP contribution in [0.4, 0.5) is 5.69 Å². The van der Waals surface area contributed by atoms with E-state index in [0.29, 0.717) is 11.4 Å². The molecule has 2 aromatic carbocycles. The van der Waals surface area contributed by atoms with Gasteiger partial charge in [-0.05, 0) is 52.7 Å². The SMILES string of the molecule is Cc1ccc(S(=O)(=O)N(C)C)cc1NC(=O)COc1ccccc1Br. The van der Waals surface area contributed by atoms with E-state index in [4.69, 9.17) is 4.74 Å². The predicted molar refractivity (Wildman–Crippen MR) is 100 cm³/mol. The van der Waals surface area contributed by atoms with Gasteiger partial charge in [-0.1, -0.05) is 18.2 Å². The van der Waals surface area contributed by atoms with E-state index < -0.39 is 10.0 Å². The van der Waals surface area contributed by atoms with Crippen LogP contribution in [0.2, 0.25) is 0 Å². The van der Waals surface area contributed by atoms with Crippen LogP contribution >= 0.6 is 15.9 Å². The Morgan fingerprint density at radius 3 is 2.52 bits per heavy atom. The first kappa shape index (κ1) is 19.4. The number of hydrogen-bond acceptors (Lipinski definition) is 4. The molecule has 0 heterocycles. The lowest BCUT2D eigenvalue weighted by Crippen LogP contribution is -2.23. The number of ether oxygens (including phenoxy) is 1. The smallest absolute Gasteiger partial charge is 0.262 e. The van der Waals surface area contributed by atoms with Crippen LogP contribution in [0.25, 0.3) is 0 Å². The number of benzene rings is 2. The van der Waals surface area contributed by atoms with E-state index in [-0.39, 0.29) is 17.4 Å². The highest BCUT2D eigenvalue weighted by Gasteiger charge is 2.18. The monoisotopic (exact) mass is 426 g/mol. The van der Waals surface area contributed by atoms with Crippen molar-refractivity contribution in [2.24, 2.45) is 0 Å². The zero-order chi connectivity index (χ0) is 18.6. The zero-order valence-corrected chi connectivity index (χ0v) is 16.5. The maximum atomic E-state index is 12.2. The summed E-state index contributed by atoms with van der Waals surface area (Å²) in [5.74, 6) is 0.177. The fraction of sp³-hybridized carbons (Fsp3) is 0.235. The summed E-state index contributed by atoms with van der Waals surface area (Å²) in [6, 6.07) is 11.8. The van der Waals surface area contributed by atoms with Crippen LogP contribution < -0.4 is 10.1 Å². The van der Waals surface area contributed by atoms with E-state index in [2.05, 4.69) is 21.2 Å². The van der Waals surface area contributed by atoms with Crippen LogP contribution in [-0.2, 0) is 14.8 Å². The molecule has 0 aliphatic rings. The first-order valence-electron chi connectivity index (χ1n) is 7.42. The van der Waals surface area contributed by atoms with Gasteiger partial charge in [-0.15, -0.1) is 0 Å². The Balaban J connectivity index is 2.12. The molecule has 25 heavy (non-hydrogen) atoms. The Hall–Kier alpha value is -1.90. The zero-order valence-electron chi connectivity index (χ0n) is 14.1. The molecule has 0 saturated heterocycles. The van der Waals surface area contributed by atoms with Crippen molar-refractivity contribution < 1.29 is 17.9 Å². The molecule has 0 fully saturated rings. The maximum Gasteiger partial charge on any atom is 0.262 e. The highest BCUT2D eigenvalue weighted by atomic mass is 79.9. The number of rotatable bonds is 6. The summed E-state index contributed by atoms with van der Waals surface area (Å²) in [6.07, 6.45) is 0. The van der Waals surface area contributed by atoms with E-state index in [0.717, 1.165) is 14.3 Å². The topological polar surface area (TPSA) is 75.7 Å². The van der Waals surface area contributed by atoms with Gasteiger partial charge < -0.3 is 10.1 Å². The molecule has 0 aromatic heterocycles. The molecule has 0 aliphatic heterocycles. The summed E-state index contributed by atoms with van der Waals surface area (Å²) in [4.78, 5) is 12.2. The van der Waals surface area contributed by atoms with Gasteiger partial charge in [0.25, 0.3) is 5.91 Å². The van der Waals surface area contributed by atoms with Crippen LogP contribution in [0, 0.1) is 6.92 Å². The van der Waals surface area contributed by atoms with Gasteiger partial charge in [-0.3, -0.25) is 4.79 Å². The van der Waals surface area contributed by atoms with Crippen LogP contribution in [0.3, 0.4) is 0 Å². The first-order valence-corrected chi connectivity index (χ1v) is 9.65. The number of aryl methyl sites for hydroxylation is 1. The van der Waals surface area contributed by atoms with Gasteiger partial charge in [0.2, 0.25) is 10.0 Å². The normalized spacial score (nSPS) is 11.4. The van der Waals surface area contributed by atoms with Crippen molar-refractivity contribution >= 4 is 37.5 Å². The van der Waals surface area contributed by atoms with Gasteiger partial charge in [-0.2, -0.15) is 0 Å². The molecule has 0 saturated carbocycles. The minimum atomic E-state index is -3.57. The third-order valence-electron chi connectivity index (χ3n) is 3.46. The van der Waals surface area contributed by atoms with E-state index >= 15 is 0 Å². The predicted octanol–water partition coefficient (Wildman–Crippen LogP) is 3.03. The second-order valence-electron chi connectivity index (χ2n) is 5.53. The number of carbonyl (C=O) groups excluding carboxylic acids is 1. The van der Waals surface area contributed by atoms with Crippen molar-refractivity contribution in [3.05, 3.63) is 52.5 Å². The van der Waals surface area contributed by atoms with Gasteiger partial charge in [0.05, 0.1) is 9.37 Å². The average molecular weight is 427 g/mol. The molecule has 8 heteroatoms. The molecule has 2 aromatic rings. The Bertz CT molecular complexity index is 882. The number of amides is 1. The number of nitrogens with zero attached hydrogens (tertiary/aromatic N) is 1. The fourth-order valence-corrected chi connectivity index (χ4v) is 3.33. The van der Waals surface area contributed by atoms with Crippen molar-refractivity contribution in [1.82, 2.24) is 4.31 Å². The molecule has 1 N–H and O–H groups in total. The van der Waals surface area contributed by atoms with E-state index in [1.165, 1.54) is 26.2 Å². The molecule has 0 radical (unpaired) electrons. The van der Waals surface area contributed by atoms with Crippen LogP contribution in [0.15, 0.2) is 51.8 Å². The van der Waals surface area contributed by atoms with Gasteiger partial charge in [0.1, 0.15) is 5.75 Å². The Morgan fingerprint density at radius 2 is 1.88 bits per heavy atom. The molecule has 6 nitrogen and oxygen atoms in total. The van der Waals surface area contributed by atoms with Crippen molar-refractivity contribution in [3.63, 3.8) is 0 Å². The van der Waals surface area contributed by atoms with Gasteiger partial charge in [0.15, 0.2) is 6.61 Å². The molecule has 134 valence electrons. The van der Waals surface area contributed by atoms with E-state index in [9.17, 15) is 13.2 Å². The summed E-state index contributed by atoms with van der Waals surface area (Å²) in [7, 11) is -0.654. The van der Waals surface area contributed by atoms with Crippen molar-refractivity contribution in [2.75, 3.05) is 26.0 Å². The molecule has 0 aliphatic carbocycles. The quantitative estimate of drug-likeness (QED) is 0.769. The largest absolute Gasteiger partial charge is 0.483 e. The Labute approximate surface area is 156 Å². The minimum Gasteiger partial charge on any atom is -0.483 e. The third-order valence-corrected chi connectivity index (χ3v) is 5.92. The number of carbonyl (C=O) groups is 1. The number of hydrogen-bond donors (Lipinski definition) is 1. The number of halogens is 1. The standard InChI is InChI=1S/C17H19BrN2O4S/c1-12-8-9-13(25(22,23)20(2)3)10-15(12)19-17(21)11-24-16-7-5-4-6-14(16)18/h4-10H,11H2,1-3H3,(H,19,21). The summed E-state index contributed by atoms with van der Waals surface area (Å²) in [5.41, 5.74) is 1.19. The van der Waals surface area contributed by atoms with Crippen molar-refractivity contribution in [1.29, 1.82) is 0 Å². The minimum absolute atomic E-state index is 0.116. The van der Waals surface area contributed by atoms with Gasteiger partial charge >= 0.3 is 0 Å². The second-order valence-corrected chi connectivity index (χ2v) is 8.54. The molecule has 0 unspecified atom stereocenters. The summed E-state index contributed by atoms with van der Waals surface area (Å²) in [6.45, 7) is 1.60. The Kier molecular flexibility index (Phi) is 6.21. The lowest BCUT2D eigenvalue weighted by atomic mass is 10.2. The number of para-hydroxylation sites is 1. The van der Waals surface area contributed by atoms with Gasteiger partial charge in [0, 0.05) is 19.8 Å². The molecule has 0 atom stereocenters. The van der Waals surface area contributed by atoms with Crippen LogP contribution in [0.5, 0.6) is 5.75 Å². The van der Waals surface area contributed by atoms with Gasteiger partial charge in [-0.25, -0.2) is 12.7 Å². The lowest BCUT2D eigenvalue weighted by Gasteiger charge is -2.14. The number of nitrogens with one attached hydrogen (secondary N) is 1. The highest BCUT2D eigenvalue weighted by molar-refractivity contribution is 9.10. The van der Waals surface area contributed by atoms with Crippen molar-refractivity contribution in [3.8, 4) is 5.75 Å². The number of sulfonamides is 1. The molecular formula is C17H19BrN2O4S. The van der Waals surface area contributed by atoms with Crippen LogP contribution in [-0.4, -0.2) is 39.3 Å². The Morgan fingerprint density at radius 1 is 1.20 bits per heavy atom. The van der Waals surface area contributed by atoms with Crippen molar-refractivity contribution in [2.45, 2.75) is 11.8 Å². The third kappa shape index (κ3) is 4.81. The van der Waals surface area contributed by atoms with Crippen LogP contribution in [0.1, 0.15) is 5.56 Å². The second kappa shape index (κ2) is 7.99. The maximum absolute atomic E-state index is 12.2. The lowest BCUT2D eigenvalue weighted by molar-refractivity contribution is -0.118. The molecule has 0 spiro atoms. The van der Waals surface area contributed by atoms with E-state index in [1.807, 2.05) is 12.1 Å². The molecule has 0 bridgehead atoms.